The summed E-state index contributed by atoms with van der Waals surface area (Å²) in [5.74, 6) is 0. The Morgan fingerprint density at radius 2 is 1.50 bits per heavy atom. The first-order valence-corrected chi connectivity index (χ1v) is 5.63. The van der Waals surface area contributed by atoms with Gasteiger partial charge in [0.25, 0.3) is 0 Å². The van der Waals surface area contributed by atoms with Crippen LogP contribution in [0.5, 0.6) is 0 Å². The lowest BCUT2D eigenvalue weighted by Gasteiger charge is -2.04. The average molecular weight is 234 g/mol. The summed E-state index contributed by atoms with van der Waals surface area (Å²) in [6.45, 7) is 7.77. The monoisotopic (exact) mass is 234 g/mol. The average Bonchev–Trinajstić information content (AvgIpc) is 2.27. The minimum Gasteiger partial charge on any atom is -0.361 e. The summed E-state index contributed by atoms with van der Waals surface area (Å²) in [5, 5.41) is 4.63. The molecule has 0 aliphatic heterocycles. The molecule has 0 saturated carbocycles. The van der Waals surface area contributed by atoms with Crippen molar-refractivity contribution in [3.63, 3.8) is 0 Å². The second-order valence-electron chi connectivity index (χ2n) is 3.40. The molecule has 0 bridgehead atoms. The standard InChI is InChI=1S/2C5H11NO2/c1-3-4-5(2)8-6-7;1-3-5(4-2)8-6-7/h2*5H,3-4H2,1-2H3. The fraction of sp³-hybridized carbons (Fsp3) is 1.00. The van der Waals surface area contributed by atoms with Gasteiger partial charge in [0, 0.05) is 0 Å². The maximum atomic E-state index is 9.46. The lowest BCUT2D eigenvalue weighted by molar-refractivity contribution is 0.0501. The fourth-order valence-corrected chi connectivity index (χ4v) is 1.03. The maximum Gasteiger partial charge on any atom is 0.155 e. The Hall–Kier alpha value is -1.20. The van der Waals surface area contributed by atoms with Gasteiger partial charge in [-0.15, -0.1) is 9.81 Å². The minimum atomic E-state index is -0.0162. The molecule has 1 unspecified atom stereocenters. The molecule has 0 aliphatic rings. The topological polar surface area (TPSA) is 77.3 Å². The van der Waals surface area contributed by atoms with E-state index in [1.165, 1.54) is 0 Å². The molecule has 0 aromatic heterocycles. The van der Waals surface area contributed by atoms with E-state index in [9.17, 15) is 9.81 Å². The largest absolute Gasteiger partial charge is 0.361 e. The number of hydrogen-bond donors (Lipinski definition) is 0. The molecule has 96 valence electrons. The van der Waals surface area contributed by atoms with Gasteiger partial charge < -0.3 is 9.68 Å². The van der Waals surface area contributed by atoms with E-state index in [2.05, 4.69) is 20.4 Å². The zero-order chi connectivity index (χ0) is 12.8. The predicted molar refractivity (Wildman–Crippen MR) is 62.5 cm³/mol. The second-order valence-corrected chi connectivity index (χ2v) is 3.40. The predicted octanol–water partition coefficient (Wildman–Crippen LogP) is 3.75. The first kappa shape index (κ1) is 17.2. The van der Waals surface area contributed by atoms with E-state index in [0.29, 0.717) is 0 Å². The zero-order valence-corrected chi connectivity index (χ0v) is 10.5. The summed E-state index contributed by atoms with van der Waals surface area (Å²) in [6.07, 6.45) is 3.62. The van der Waals surface area contributed by atoms with Gasteiger partial charge in [-0.1, -0.05) is 27.2 Å². The summed E-state index contributed by atoms with van der Waals surface area (Å²) < 4.78 is 0. The molecule has 0 fully saturated rings. The Kier molecular flexibility index (Phi) is 14.8. The van der Waals surface area contributed by atoms with E-state index in [4.69, 9.17) is 0 Å². The molecule has 0 rings (SSSR count). The SMILES string of the molecule is CCC(CC)ON=O.CCCC(C)ON=O. The Balaban J connectivity index is 0. The maximum absolute atomic E-state index is 9.46. The lowest BCUT2D eigenvalue weighted by Crippen LogP contribution is -2.04. The van der Waals surface area contributed by atoms with Crippen LogP contribution in [0.15, 0.2) is 10.7 Å². The zero-order valence-electron chi connectivity index (χ0n) is 10.5. The molecule has 0 heterocycles. The van der Waals surface area contributed by atoms with Gasteiger partial charge in [-0.3, -0.25) is 0 Å². The molecule has 0 aromatic rings. The molecule has 0 aromatic carbocycles. The van der Waals surface area contributed by atoms with Crippen LogP contribution in [0.2, 0.25) is 0 Å². The number of hydrogen-bond acceptors (Lipinski definition) is 6. The minimum absolute atomic E-state index is 0.0162. The third kappa shape index (κ3) is 12.8. The van der Waals surface area contributed by atoms with Gasteiger partial charge in [0.15, 0.2) is 10.7 Å². The molecular weight excluding hydrogens is 212 g/mol. The van der Waals surface area contributed by atoms with Crippen molar-refractivity contribution >= 4 is 0 Å². The molecule has 6 heteroatoms. The lowest BCUT2D eigenvalue weighted by atomic mass is 10.2. The Bertz CT molecular complexity index is 163. The normalized spacial score (nSPS) is 11.1. The summed E-state index contributed by atoms with van der Waals surface area (Å²) >= 11 is 0. The molecule has 6 nitrogen and oxygen atoms in total. The van der Waals surface area contributed by atoms with E-state index < -0.39 is 0 Å². The molecule has 0 spiro atoms. The van der Waals surface area contributed by atoms with Crippen molar-refractivity contribution in [2.24, 2.45) is 10.7 Å². The van der Waals surface area contributed by atoms with Gasteiger partial charge >= 0.3 is 0 Å². The number of rotatable bonds is 8. The summed E-state index contributed by atoms with van der Waals surface area (Å²) in [4.78, 5) is 27.6. The highest BCUT2D eigenvalue weighted by Gasteiger charge is 2.01. The molecule has 16 heavy (non-hydrogen) atoms. The number of nitrogens with zero attached hydrogens (tertiary/aromatic N) is 2. The Labute approximate surface area is 96.6 Å². The first-order chi connectivity index (χ1) is 7.65. The highest BCUT2D eigenvalue weighted by molar-refractivity contribution is 4.47. The molecule has 0 radical (unpaired) electrons. The van der Waals surface area contributed by atoms with Gasteiger partial charge in [0.1, 0.15) is 12.2 Å². The molecule has 1 atom stereocenters. The van der Waals surface area contributed by atoms with E-state index in [1.807, 2.05) is 27.7 Å². The van der Waals surface area contributed by atoms with E-state index in [0.717, 1.165) is 25.7 Å². The van der Waals surface area contributed by atoms with Crippen molar-refractivity contribution in [2.45, 2.75) is 65.6 Å². The van der Waals surface area contributed by atoms with Crippen molar-refractivity contribution in [3.8, 4) is 0 Å². The van der Waals surface area contributed by atoms with Crippen molar-refractivity contribution in [1.29, 1.82) is 0 Å². The third-order valence-electron chi connectivity index (χ3n) is 2.02. The molecule has 0 aliphatic carbocycles. The van der Waals surface area contributed by atoms with E-state index >= 15 is 0 Å². The van der Waals surface area contributed by atoms with Crippen LogP contribution in [-0.4, -0.2) is 12.2 Å². The smallest absolute Gasteiger partial charge is 0.155 e. The van der Waals surface area contributed by atoms with E-state index in [-0.39, 0.29) is 12.2 Å². The summed E-state index contributed by atoms with van der Waals surface area (Å²) in [5.41, 5.74) is 0. The Morgan fingerprint density at radius 3 is 1.75 bits per heavy atom. The molecule has 0 amide bonds. The van der Waals surface area contributed by atoms with Crippen LogP contribution >= 0.6 is 0 Å². The van der Waals surface area contributed by atoms with Gasteiger partial charge in [0.2, 0.25) is 0 Å². The van der Waals surface area contributed by atoms with Crippen LogP contribution in [0.3, 0.4) is 0 Å². The van der Waals surface area contributed by atoms with Crippen LogP contribution in [-0.2, 0) is 9.68 Å². The van der Waals surface area contributed by atoms with Crippen LogP contribution in [0.4, 0.5) is 0 Å². The Morgan fingerprint density at radius 1 is 1.00 bits per heavy atom. The van der Waals surface area contributed by atoms with Crippen LogP contribution < -0.4 is 0 Å². The van der Waals surface area contributed by atoms with Crippen LogP contribution in [0.1, 0.15) is 53.4 Å². The fourth-order valence-electron chi connectivity index (χ4n) is 1.03. The third-order valence-corrected chi connectivity index (χ3v) is 2.02. The quantitative estimate of drug-likeness (QED) is 0.473. The van der Waals surface area contributed by atoms with Crippen LogP contribution in [0, 0.1) is 9.81 Å². The summed E-state index contributed by atoms with van der Waals surface area (Å²) in [6, 6.07) is 0. The van der Waals surface area contributed by atoms with Crippen LogP contribution in [0.25, 0.3) is 0 Å². The van der Waals surface area contributed by atoms with Gasteiger partial charge in [-0.25, -0.2) is 0 Å². The van der Waals surface area contributed by atoms with E-state index in [1.54, 1.807) is 0 Å². The highest BCUT2D eigenvalue weighted by Crippen LogP contribution is 2.01. The van der Waals surface area contributed by atoms with Gasteiger partial charge in [-0.05, 0) is 26.2 Å². The molecule has 0 N–H and O–H groups in total. The van der Waals surface area contributed by atoms with Crippen molar-refractivity contribution in [2.75, 3.05) is 0 Å². The van der Waals surface area contributed by atoms with Crippen molar-refractivity contribution in [3.05, 3.63) is 9.81 Å². The second kappa shape index (κ2) is 13.8. The van der Waals surface area contributed by atoms with Crippen molar-refractivity contribution < 1.29 is 9.68 Å². The summed E-state index contributed by atoms with van der Waals surface area (Å²) in [7, 11) is 0. The molecular formula is C10H22N2O4. The highest BCUT2D eigenvalue weighted by atomic mass is 16.7. The first-order valence-electron chi connectivity index (χ1n) is 5.63. The molecule has 0 saturated heterocycles. The van der Waals surface area contributed by atoms with Gasteiger partial charge in [0.05, 0.1) is 0 Å². The van der Waals surface area contributed by atoms with Crippen molar-refractivity contribution in [1.82, 2.24) is 0 Å². The van der Waals surface area contributed by atoms with Gasteiger partial charge in [-0.2, -0.15) is 0 Å².